The molecule has 0 bridgehead atoms. The van der Waals surface area contributed by atoms with E-state index in [2.05, 4.69) is 4.84 Å². The van der Waals surface area contributed by atoms with Crippen LogP contribution in [0.25, 0.3) is 0 Å². The van der Waals surface area contributed by atoms with E-state index in [-0.39, 0.29) is 18.2 Å². The van der Waals surface area contributed by atoms with Gasteiger partial charge < -0.3 is 14.4 Å². The molecule has 0 unspecified atom stereocenters. The second kappa shape index (κ2) is 12.1. The number of Topliss-reactive ketones (excluding diaryl/α,β-unsaturated/α-hetero) is 2. The Morgan fingerprint density at radius 3 is 2.12 bits per heavy atom. The molecule has 0 aromatic carbocycles. The van der Waals surface area contributed by atoms with Gasteiger partial charge in [-0.15, -0.1) is 10.1 Å². The SMILES string of the molecule is COCCCC1=C(C)C(=O)C(C)=C(C)C1=O.O=CCCCO[N+](=O)[O-]. The van der Waals surface area contributed by atoms with Gasteiger partial charge in [0.15, 0.2) is 11.6 Å². The normalized spacial score (nSPS) is 14.2. The minimum atomic E-state index is -0.870. The average Bonchev–Trinajstić information content (AvgIpc) is 2.59. The van der Waals surface area contributed by atoms with Gasteiger partial charge in [0, 0.05) is 42.4 Å². The summed E-state index contributed by atoms with van der Waals surface area (Å²) in [5.41, 5.74) is 2.43. The van der Waals surface area contributed by atoms with Crippen molar-refractivity contribution in [2.45, 2.75) is 46.5 Å². The molecule has 0 saturated carbocycles. The van der Waals surface area contributed by atoms with Crippen LogP contribution in [0.15, 0.2) is 22.3 Å². The molecule has 0 aromatic rings. The summed E-state index contributed by atoms with van der Waals surface area (Å²) >= 11 is 0. The van der Waals surface area contributed by atoms with Crippen LogP contribution in [0.1, 0.15) is 46.5 Å². The lowest BCUT2D eigenvalue weighted by Gasteiger charge is -2.18. The predicted octanol–water partition coefficient (Wildman–Crippen LogP) is 2.39. The summed E-state index contributed by atoms with van der Waals surface area (Å²) in [7, 11) is 1.63. The Morgan fingerprint density at radius 1 is 1.00 bits per heavy atom. The van der Waals surface area contributed by atoms with Gasteiger partial charge in [-0.05, 0) is 40.0 Å². The summed E-state index contributed by atoms with van der Waals surface area (Å²) in [6, 6.07) is 0. The number of hydrogen-bond donors (Lipinski definition) is 0. The molecule has 0 fully saturated rings. The Labute approximate surface area is 147 Å². The van der Waals surface area contributed by atoms with E-state index in [1.54, 1.807) is 27.9 Å². The first kappa shape index (κ1) is 22.6. The predicted molar refractivity (Wildman–Crippen MR) is 90.4 cm³/mol. The van der Waals surface area contributed by atoms with Crippen LogP contribution in [0.2, 0.25) is 0 Å². The number of aldehydes is 1. The molecule has 25 heavy (non-hydrogen) atoms. The summed E-state index contributed by atoms with van der Waals surface area (Å²) in [6.45, 7) is 5.79. The quantitative estimate of drug-likeness (QED) is 0.205. The highest BCUT2D eigenvalue weighted by atomic mass is 16.9. The Hall–Kier alpha value is -2.35. The van der Waals surface area contributed by atoms with Crippen LogP contribution in [0, 0.1) is 10.1 Å². The van der Waals surface area contributed by atoms with Crippen LogP contribution in [0.5, 0.6) is 0 Å². The van der Waals surface area contributed by atoms with Crippen molar-refractivity contribution in [3.05, 3.63) is 32.4 Å². The molecule has 1 aliphatic carbocycles. The molecule has 0 aliphatic heterocycles. The molecular formula is C17H25NO7. The van der Waals surface area contributed by atoms with E-state index in [4.69, 9.17) is 4.74 Å². The van der Waals surface area contributed by atoms with Gasteiger partial charge in [0.2, 0.25) is 0 Å². The van der Waals surface area contributed by atoms with E-state index in [1.165, 1.54) is 0 Å². The lowest BCUT2D eigenvalue weighted by Crippen LogP contribution is -2.20. The molecule has 0 radical (unpaired) electrons. The molecule has 8 nitrogen and oxygen atoms in total. The average molecular weight is 355 g/mol. The first-order valence-electron chi connectivity index (χ1n) is 7.94. The third-order valence-electron chi connectivity index (χ3n) is 3.75. The molecule has 0 atom stereocenters. The van der Waals surface area contributed by atoms with E-state index in [0.717, 1.165) is 6.42 Å². The molecule has 140 valence electrons. The molecule has 0 aromatic heterocycles. The number of hydrogen-bond acceptors (Lipinski definition) is 7. The Balaban J connectivity index is 0.000000547. The van der Waals surface area contributed by atoms with Crippen molar-refractivity contribution in [2.75, 3.05) is 20.3 Å². The molecule has 0 spiro atoms. The van der Waals surface area contributed by atoms with Crippen molar-refractivity contribution in [1.29, 1.82) is 0 Å². The number of allylic oxidation sites excluding steroid dienone is 4. The van der Waals surface area contributed by atoms with Crippen molar-refractivity contribution in [1.82, 2.24) is 0 Å². The second-order valence-electron chi connectivity index (χ2n) is 5.47. The minimum Gasteiger partial charge on any atom is -0.385 e. The number of carbonyl (C=O) groups excluding carboxylic acids is 3. The fourth-order valence-corrected chi connectivity index (χ4v) is 2.16. The number of ether oxygens (including phenoxy) is 1. The van der Waals surface area contributed by atoms with Gasteiger partial charge in [-0.1, -0.05) is 0 Å². The first-order valence-corrected chi connectivity index (χ1v) is 7.94. The highest BCUT2D eigenvalue weighted by molar-refractivity contribution is 6.24. The largest absolute Gasteiger partial charge is 0.385 e. The van der Waals surface area contributed by atoms with Crippen LogP contribution >= 0.6 is 0 Å². The molecule has 0 saturated heterocycles. The van der Waals surface area contributed by atoms with Gasteiger partial charge in [0.05, 0.1) is 6.61 Å². The third-order valence-corrected chi connectivity index (χ3v) is 3.75. The maximum atomic E-state index is 12.0. The summed E-state index contributed by atoms with van der Waals surface area (Å²) in [5.74, 6) is 0.0234. The maximum absolute atomic E-state index is 12.0. The van der Waals surface area contributed by atoms with Crippen LogP contribution in [0.3, 0.4) is 0 Å². The van der Waals surface area contributed by atoms with E-state index >= 15 is 0 Å². The topological polar surface area (TPSA) is 113 Å². The number of unbranched alkanes of at least 4 members (excludes halogenated alkanes) is 1. The van der Waals surface area contributed by atoms with Gasteiger partial charge in [-0.2, -0.15) is 0 Å². The summed E-state index contributed by atoms with van der Waals surface area (Å²) in [6.07, 6.45) is 2.81. The molecule has 8 heteroatoms. The molecule has 0 N–H and O–H groups in total. The lowest BCUT2D eigenvalue weighted by molar-refractivity contribution is -0.757. The summed E-state index contributed by atoms with van der Waals surface area (Å²) in [5, 5.41) is 8.59. The molecule has 0 amide bonds. The molecule has 0 heterocycles. The highest BCUT2D eigenvalue weighted by Gasteiger charge is 2.26. The van der Waals surface area contributed by atoms with Gasteiger partial charge >= 0.3 is 0 Å². The van der Waals surface area contributed by atoms with Crippen molar-refractivity contribution in [3.63, 3.8) is 0 Å². The number of nitrogens with zero attached hydrogens (tertiary/aromatic N) is 1. The zero-order valence-electron chi connectivity index (χ0n) is 15.1. The third kappa shape index (κ3) is 7.84. The van der Waals surface area contributed by atoms with E-state index in [0.29, 0.717) is 54.4 Å². The number of carbonyl (C=O) groups is 3. The van der Waals surface area contributed by atoms with Gasteiger partial charge in [-0.25, -0.2) is 0 Å². The number of methoxy groups -OCH3 is 1. The fraction of sp³-hybridized carbons (Fsp3) is 0.588. The lowest BCUT2D eigenvalue weighted by atomic mass is 9.84. The van der Waals surface area contributed by atoms with Crippen LogP contribution in [-0.2, 0) is 24.0 Å². The van der Waals surface area contributed by atoms with Crippen molar-refractivity contribution < 1.29 is 29.0 Å². The number of ketones is 2. The van der Waals surface area contributed by atoms with Crippen LogP contribution in [0.4, 0.5) is 0 Å². The van der Waals surface area contributed by atoms with E-state index in [9.17, 15) is 24.5 Å². The van der Waals surface area contributed by atoms with Crippen molar-refractivity contribution >= 4 is 17.9 Å². The Morgan fingerprint density at radius 2 is 1.60 bits per heavy atom. The van der Waals surface area contributed by atoms with E-state index in [1.807, 2.05) is 0 Å². The number of rotatable bonds is 9. The van der Waals surface area contributed by atoms with Gasteiger partial charge in [0.25, 0.3) is 5.09 Å². The first-order chi connectivity index (χ1) is 11.8. The van der Waals surface area contributed by atoms with Crippen LogP contribution < -0.4 is 0 Å². The molecular weight excluding hydrogens is 330 g/mol. The van der Waals surface area contributed by atoms with Crippen molar-refractivity contribution in [2.24, 2.45) is 0 Å². The minimum absolute atomic E-state index is 0.00418. The molecule has 1 aliphatic rings. The zero-order valence-corrected chi connectivity index (χ0v) is 15.1. The summed E-state index contributed by atoms with van der Waals surface area (Å²) in [4.78, 5) is 46.8. The zero-order chi connectivity index (χ0) is 19.4. The maximum Gasteiger partial charge on any atom is 0.294 e. The Bertz CT molecular complexity index is 576. The summed E-state index contributed by atoms with van der Waals surface area (Å²) < 4.78 is 4.95. The van der Waals surface area contributed by atoms with Gasteiger partial charge in [0.1, 0.15) is 6.29 Å². The van der Waals surface area contributed by atoms with Crippen molar-refractivity contribution in [3.8, 4) is 0 Å². The van der Waals surface area contributed by atoms with Gasteiger partial charge in [-0.3, -0.25) is 9.59 Å². The Kier molecular flexibility index (Phi) is 10.9. The standard InChI is InChI=1S/C13H18O3.C4H7NO4/c1-8-9(2)13(15)11(6-5-7-16-4)10(3)12(8)14;6-3-1-2-4-9-5(7)8/h5-7H2,1-4H3;3H,1-2,4H2. The van der Waals surface area contributed by atoms with Crippen LogP contribution in [-0.4, -0.2) is 43.3 Å². The highest BCUT2D eigenvalue weighted by Crippen LogP contribution is 2.26. The molecule has 1 rings (SSSR count). The fourth-order valence-electron chi connectivity index (χ4n) is 2.16. The monoisotopic (exact) mass is 355 g/mol. The smallest absolute Gasteiger partial charge is 0.294 e. The van der Waals surface area contributed by atoms with E-state index < -0.39 is 5.09 Å². The second-order valence-corrected chi connectivity index (χ2v) is 5.47.